The van der Waals surface area contributed by atoms with Crippen molar-refractivity contribution in [2.45, 2.75) is 45.4 Å². The van der Waals surface area contributed by atoms with E-state index >= 15 is 0 Å². The van der Waals surface area contributed by atoms with Crippen LogP contribution in [0.5, 0.6) is 5.75 Å². The summed E-state index contributed by atoms with van der Waals surface area (Å²) in [6, 6.07) is 14.1. The largest absolute Gasteiger partial charge is 0.497 e. The van der Waals surface area contributed by atoms with Crippen LogP contribution >= 0.6 is 22.7 Å². The summed E-state index contributed by atoms with van der Waals surface area (Å²) in [5, 5.41) is 19.5. The number of rotatable bonds is 9. The Kier molecular flexibility index (Phi) is 7.80. The summed E-state index contributed by atoms with van der Waals surface area (Å²) < 4.78 is 5.19. The number of nitrogens with zero attached hydrogens (tertiary/aromatic N) is 5. The fourth-order valence-corrected chi connectivity index (χ4v) is 5.12. The third kappa shape index (κ3) is 6.35. The van der Waals surface area contributed by atoms with Gasteiger partial charge < -0.3 is 15.0 Å². The molecule has 4 aromatic rings. The molecule has 0 saturated carbocycles. The van der Waals surface area contributed by atoms with Crippen molar-refractivity contribution in [2.24, 2.45) is 0 Å². The highest BCUT2D eigenvalue weighted by molar-refractivity contribution is 7.10. The summed E-state index contributed by atoms with van der Waals surface area (Å²) in [7, 11) is 1.60. The lowest BCUT2D eigenvalue weighted by Gasteiger charge is -2.32. The zero-order valence-electron chi connectivity index (χ0n) is 20.5. The molecule has 0 radical (unpaired) electrons. The van der Waals surface area contributed by atoms with Crippen LogP contribution in [-0.4, -0.2) is 49.6 Å². The van der Waals surface area contributed by atoms with Crippen molar-refractivity contribution in [3.63, 3.8) is 0 Å². The predicted molar refractivity (Wildman–Crippen MR) is 140 cm³/mol. The highest BCUT2D eigenvalue weighted by atomic mass is 32.1. The van der Waals surface area contributed by atoms with Gasteiger partial charge in [-0.05, 0) is 73.1 Å². The van der Waals surface area contributed by atoms with Gasteiger partial charge in [-0.15, -0.1) is 32.9 Å². The smallest absolute Gasteiger partial charge is 0.248 e. The van der Waals surface area contributed by atoms with Gasteiger partial charge in [0.05, 0.1) is 13.7 Å². The zero-order chi connectivity index (χ0) is 25.7. The Morgan fingerprint density at radius 2 is 1.81 bits per heavy atom. The second-order valence-electron chi connectivity index (χ2n) is 9.13. The van der Waals surface area contributed by atoms with E-state index in [4.69, 9.17) is 4.74 Å². The van der Waals surface area contributed by atoms with Gasteiger partial charge in [-0.3, -0.25) is 9.59 Å². The van der Waals surface area contributed by atoms with Crippen molar-refractivity contribution >= 4 is 34.5 Å². The number of hydrogen-bond acceptors (Lipinski definition) is 8. The number of hydrogen-bond donors (Lipinski definition) is 1. The minimum absolute atomic E-state index is 0.154. The number of thiophene rings is 2. The van der Waals surface area contributed by atoms with Crippen LogP contribution < -0.4 is 10.1 Å². The molecule has 1 atom stereocenters. The standard InChI is InChI=1S/C25H28N6O3S2/c1-25(2,3)26-24(33)22(20-8-6-14-36-20)30(15-19-7-5-13-35-19)21(32)16-31-28-23(27-29-31)17-9-11-18(34-4)12-10-17/h5-14,22H,15-16H2,1-4H3,(H,26,33)/t22-/m0/s1. The third-order valence-corrected chi connectivity index (χ3v) is 6.96. The molecule has 3 aromatic heterocycles. The molecular weight excluding hydrogens is 496 g/mol. The molecule has 0 unspecified atom stereocenters. The second-order valence-corrected chi connectivity index (χ2v) is 11.1. The second kappa shape index (κ2) is 11.0. The van der Waals surface area contributed by atoms with Crippen LogP contribution in [0.4, 0.5) is 0 Å². The van der Waals surface area contributed by atoms with Gasteiger partial charge in [0.25, 0.3) is 0 Å². The van der Waals surface area contributed by atoms with Crippen LogP contribution in [-0.2, 0) is 22.7 Å². The molecule has 0 bridgehead atoms. The average Bonchev–Trinajstić information content (AvgIpc) is 3.61. The van der Waals surface area contributed by atoms with E-state index in [1.807, 2.05) is 80.1 Å². The van der Waals surface area contributed by atoms with Crippen LogP contribution in [0.2, 0.25) is 0 Å². The van der Waals surface area contributed by atoms with Crippen molar-refractivity contribution in [2.75, 3.05) is 7.11 Å². The van der Waals surface area contributed by atoms with Gasteiger partial charge in [0.2, 0.25) is 17.6 Å². The molecule has 11 heteroatoms. The number of nitrogens with one attached hydrogen (secondary N) is 1. The SMILES string of the molecule is COc1ccc(-c2nnn(CC(=O)N(Cc3cccs3)[C@H](C(=O)NC(C)(C)C)c3cccs3)n2)cc1. The fourth-order valence-electron chi connectivity index (χ4n) is 3.58. The number of tetrazole rings is 1. The van der Waals surface area contributed by atoms with E-state index in [0.29, 0.717) is 5.82 Å². The first-order valence-corrected chi connectivity index (χ1v) is 13.1. The van der Waals surface area contributed by atoms with E-state index in [9.17, 15) is 9.59 Å². The van der Waals surface area contributed by atoms with Crippen LogP contribution in [0.15, 0.2) is 59.3 Å². The van der Waals surface area contributed by atoms with Gasteiger partial charge in [0, 0.05) is 20.9 Å². The first-order chi connectivity index (χ1) is 17.2. The lowest BCUT2D eigenvalue weighted by Crippen LogP contribution is -2.49. The molecule has 0 spiro atoms. The number of amides is 2. The van der Waals surface area contributed by atoms with E-state index in [2.05, 4.69) is 20.7 Å². The Labute approximate surface area is 217 Å². The zero-order valence-corrected chi connectivity index (χ0v) is 22.2. The van der Waals surface area contributed by atoms with Crippen molar-refractivity contribution < 1.29 is 14.3 Å². The molecule has 2 amide bonds. The predicted octanol–water partition coefficient (Wildman–Crippen LogP) is 4.16. The van der Waals surface area contributed by atoms with E-state index in [1.54, 1.807) is 12.0 Å². The first kappa shape index (κ1) is 25.5. The molecule has 0 saturated heterocycles. The van der Waals surface area contributed by atoms with Gasteiger partial charge in [0.15, 0.2) is 0 Å². The number of aromatic nitrogens is 4. The summed E-state index contributed by atoms with van der Waals surface area (Å²) in [6.07, 6.45) is 0. The van der Waals surface area contributed by atoms with E-state index in [-0.39, 0.29) is 24.9 Å². The molecule has 0 aliphatic rings. The quantitative estimate of drug-likeness (QED) is 0.353. The van der Waals surface area contributed by atoms with Crippen molar-refractivity contribution in [3.8, 4) is 17.1 Å². The summed E-state index contributed by atoms with van der Waals surface area (Å²) in [5.74, 6) is 0.596. The van der Waals surface area contributed by atoms with Gasteiger partial charge in [-0.2, -0.15) is 4.80 Å². The number of carbonyl (C=O) groups is 2. The molecule has 188 valence electrons. The highest BCUT2D eigenvalue weighted by Crippen LogP contribution is 2.29. The lowest BCUT2D eigenvalue weighted by molar-refractivity contribution is -0.142. The van der Waals surface area contributed by atoms with Gasteiger partial charge in [-0.1, -0.05) is 12.1 Å². The average molecular weight is 525 g/mol. The van der Waals surface area contributed by atoms with E-state index < -0.39 is 11.6 Å². The maximum absolute atomic E-state index is 13.7. The first-order valence-electron chi connectivity index (χ1n) is 11.3. The highest BCUT2D eigenvalue weighted by Gasteiger charge is 2.34. The normalized spacial score (nSPS) is 12.2. The van der Waals surface area contributed by atoms with Crippen molar-refractivity contribution in [3.05, 3.63) is 69.0 Å². The van der Waals surface area contributed by atoms with Crippen LogP contribution in [0.1, 0.15) is 36.6 Å². The molecule has 0 aliphatic heterocycles. The minimum Gasteiger partial charge on any atom is -0.497 e. The molecule has 1 N–H and O–H groups in total. The number of methoxy groups -OCH3 is 1. The van der Waals surface area contributed by atoms with E-state index in [0.717, 1.165) is 21.1 Å². The lowest BCUT2D eigenvalue weighted by atomic mass is 10.1. The topological polar surface area (TPSA) is 102 Å². The molecule has 1 aromatic carbocycles. The summed E-state index contributed by atoms with van der Waals surface area (Å²) in [5.41, 5.74) is 0.302. The Balaban J connectivity index is 1.61. The summed E-state index contributed by atoms with van der Waals surface area (Å²) in [6.45, 7) is 5.89. The van der Waals surface area contributed by atoms with Gasteiger partial charge >= 0.3 is 0 Å². The van der Waals surface area contributed by atoms with Crippen LogP contribution in [0.25, 0.3) is 11.4 Å². The van der Waals surface area contributed by atoms with Crippen molar-refractivity contribution in [1.82, 2.24) is 30.4 Å². The summed E-state index contributed by atoms with van der Waals surface area (Å²) >= 11 is 2.98. The maximum atomic E-state index is 13.7. The number of carbonyl (C=O) groups excluding carboxylic acids is 2. The monoisotopic (exact) mass is 524 g/mol. The Morgan fingerprint density at radius 3 is 2.42 bits per heavy atom. The van der Waals surface area contributed by atoms with Crippen LogP contribution in [0.3, 0.4) is 0 Å². The molecule has 3 heterocycles. The molecule has 0 aliphatic carbocycles. The Bertz CT molecular complexity index is 1280. The van der Waals surface area contributed by atoms with Gasteiger partial charge in [-0.25, -0.2) is 0 Å². The fraction of sp³-hybridized carbons (Fsp3) is 0.320. The summed E-state index contributed by atoms with van der Waals surface area (Å²) in [4.78, 5) is 31.8. The third-order valence-electron chi connectivity index (χ3n) is 5.18. The minimum atomic E-state index is -0.789. The molecule has 9 nitrogen and oxygen atoms in total. The van der Waals surface area contributed by atoms with Crippen molar-refractivity contribution in [1.29, 1.82) is 0 Å². The van der Waals surface area contributed by atoms with E-state index in [1.165, 1.54) is 27.5 Å². The maximum Gasteiger partial charge on any atom is 0.248 e. The Hall–Kier alpha value is -3.57. The number of benzene rings is 1. The molecule has 36 heavy (non-hydrogen) atoms. The Morgan fingerprint density at radius 1 is 1.08 bits per heavy atom. The van der Waals surface area contributed by atoms with Gasteiger partial charge in [0.1, 0.15) is 18.3 Å². The molecular formula is C25H28N6O3S2. The molecule has 4 rings (SSSR count). The molecule has 0 fully saturated rings. The number of ether oxygens (including phenoxy) is 1. The van der Waals surface area contributed by atoms with Crippen LogP contribution in [0, 0.1) is 0 Å².